The van der Waals surface area contributed by atoms with Gasteiger partial charge >= 0.3 is 5.97 Å². The third-order valence-electron chi connectivity index (χ3n) is 3.60. The van der Waals surface area contributed by atoms with E-state index in [9.17, 15) is 9.59 Å². The number of anilines is 1. The second kappa shape index (κ2) is 6.86. The van der Waals surface area contributed by atoms with Crippen LogP contribution in [-0.4, -0.2) is 26.8 Å². The fourth-order valence-corrected chi connectivity index (χ4v) is 2.46. The predicted molar refractivity (Wildman–Crippen MR) is 92.3 cm³/mol. The molecule has 0 aliphatic rings. The smallest absolute Gasteiger partial charge is 0.303 e. The number of hydrogen-bond acceptors (Lipinski definition) is 3. The lowest BCUT2D eigenvalue weighted by Gasteiger charge is -2.17. The second-order valence-electron chi connectivity index (χ2n) is 6.86. The van der Waals surface area contributed by atoms with Crippen molar-refractivity contribution in [1.82, 2.24) is 9.78 Å². The number of benzene rings is 1. The molecule has 1 aromatic carbocycles. The Labute approximate surface area is 141 Å². The minimum atomic E-state index is -0.838. The van der Waals surface area contributed by atoms with E-state index in [1.807, 2.05) is 26.8 Å². The molecule has 1 heterocycles. The quantitative estimate of drug-likeness (QED) is 0.883. The number of amides is 1. The van der Waals surface area contributed by atoms with Gasteiger partial charge in [-0.05, 0) is 24.1 Å². The van der Waals surface area contributed by atoms with Crippen LogP contribution in [0.1, 0.15) is 48.8 Å². The third-order valence-corrected chi connectivity index (χ3v) is 3.60. The summed E-state index contributed by atoms with van der Waals surface area (Å²) >= 11 is 0. The molecule has 1 aromatic heterocycles. The Kier molecular flexibility index (Phi) is 5.07. The van der Waals surface area contributed by atoms with Gasteiger partial charge in [-0.3, -0.25) is 14.3 Å². The molecule has 0 spiro atoms. The van der Waals surface area contributed by atoms with Gasteiger partial charge in [0, 0.05) is 30.8 Å². The molecule has 0 unspecified atom stereocenters. The normalized spacial score (nSPS) is 11.3. The van der Waals surface area contributed by atoms with Crippen LogP contribution in [0.2, 0.25) is 0 Å². The molecule has 0 saturated carbocycles. The van der Waals surface area contributed by atoms with Gasteiger partial charge in [0.1, 0.15) is 0 Å². The molecule has 6 heteroatoms. The van der Waals surface area contributed by atoms with Gasteiger partial charge in [-0.25, -0.2) is 0 Å². The molecule has 2 rings (SSSR count). The summed E-state index contributed by atoms with van der Waals surface area (Å²) in [5.41, 5.74) is 2.56. The van der Waals surface area contributed by atoms with Crippen LogP contribution in [0.25, 0.3) is 0 Å². The van der Waals surface area contributed by atoms with Crippen molar-refractivity contribution in [1.29, 1.82) is 0 Å². The first-order valence-corrected chi connectivity index (χ1v) is 7.83. The summed E-state index contributed by atoms with van der Waals surface area (Å²) in [4.78, 5) is 23.3. The summed E-state index contributed by atoms with van der Waals surface area (Å²) in [5, 5.41) is 16.0. The Bertz CT molecular complexity index is 757. The third kappa shape index (κ3) is 4.44. The number of hydrogen-bond donors (Lipinski definition) is 2. The van der Waals surface area contributed by atoms with Crippen LogP contribution in [0.3, 0.4) is 0 Å². The van der Waals surface area contributed by atoms with Crippen molar-refractivity contribution in [2.75, 3.05) is 5.32 Å². The molecule has 24 heavy (non-hydrogen) atoms. The molecule has 0 radical (unpaired) electrons. The Hall–Kier alpha value is -2.63. The van der Waals surface area contributed by atoms with Crippen molar-refractivity contribution in [2.24, 2.45) is 7.05 Å². The maximum Gasteiger partial charge on any atom is 0.303 e. The average molecular weight is 329 g/mol. The van der Waals surface area contributed by atoms with Crippen molar-refractivity contribution in [3.05, 3.63) is 47.3 Å². The fraction of sp³-hybridized carbons (Fsp3) is 0.389. The molecule has 0 aliphatic carbocycles. The Morgan fingerprint density at radius 3 is 2.62 bits per heavy atom. The van der Waals surface area contributed by atoms with Crippen LogP contribution in [0.15, 0.2) is 30.5 Å². The number of carbonyl (C=O) groups excluding carboxylic acids is 1. The first-order chi connectivity index (χ1) is 11.2. The number of aliphatic carboxylic acids is 1. The number of nitrogens with zero attached hydrogens (tertiary/aromatic N) is 2. The van der Waals surface area contributed by atoms with E-state index in [0.29, 0.717) is 17.7 Å². The number of aromatic nitrogens is 2. The molecular formula is C18H23N3O3. The summed E-state index contributed by atoms with van der Waals surface area (Å²) in [7, 11) is 1.79. The zero-order chi connectivity index (χ0) is 17.9. The molecule has 0 atom stereocenters. The summed E-state index contributed by atoms with van der Waals surface area (Å²) in [5.74, 6) is -1.06. The van der Waals surface area contributed by atoms with Crippen molar-refractivity contribution in [3.8, 4) is 0 Å². The average Bonchev–Trinajstić information content (AvgIpc) is 2.88. The number of aryl methyl sites for hydroxylation is 2. The number of carbonyl (C=O) groups is 2. The number of nitrogens with one attached hydrogen (secondary N) is 1. The van der Waals surface area contributed by atoms with E-state index in [1.165, 1.54) is 0 Å². The van der Waals surface area contributed by atoms with Gasteiger partial charge < -0.3 is 10.4 Å². The highest BCUT2D eigenvalue weighted by atomic mass is 16.4. The zero-order valence-electron chi connectivity index (χ0n) is 14.5. The molecule has 0 bridgehead atoms. The van der Waals surface area contributed by atoms with Crippen molar-refractivity contribution >= 4 is 17.6 Å². The summed E-state index contributed by atoms with van der Waals surface area (Å²) < 4.78 is 1.64. The number of rotatable bonds is 5. The standard InChI is InChI=1S/C18H23N3O3/c1-18(2,3)16-14(11-21(4)20-16)17(24)19-13-7-5-6-12(10-13)8-9-15(22)23/h5-7,10-11H,8-9H2,1-4H3,(H,19,24)(H,22,23). The highest BCUT2D eigenvalue weighted by Crippen LogP contribution is 2.25. The monoisotopic (exact) mass is 329 g/mol. The SMILES string of the molecule is Cn1cc(C(=O)Nc2cccc(CCC(=O)O)c2)c(C(C)(C)C)n1. The van der Waals surface area contributed by atoms with Crippen LogP contribution in [0, 0.1) is 0 Å². The lowest BCUT2D eigenvalue weighted by Crippen LogP contribution is -2.20. The Morgan fingerprint density at radius 1 is 1.29 bits per heavy atom. The van der Waals surface area contributed by atoms with E-state index in [2.05, 4.69) is 10.4 Å². The molecular weight excluding hydrogens is 306 g/mol. The first-order valence-electron chi connectivity index (χ1n) is 7.83. The van der Waals surface area contributed by atoms with E-state index in [0.717, 1.165) is 11.3 Å². The highest BCUT2D eigenvalue weighted by molar-refractivity contribution is 6.05. The maximum atomic E-state index is 12.6. The van der Waals surface area contributed by atoms with E-state index in [4.69, 9.17) is 5.11 Å². The molecule has 0 fully saturated rings. The fourth-order valence-electron chi connectivity index (χ4n) is 2.46. The molecule has 0 aliphatic heterocycles. The van der Waals surface area contributed by atoms with Gasteiger partial charge in [0.15, 0.2) is 0 Å². The molecule has 0 saturated heterocycles. The van der Waals surface area contributed by atoms with E-state index in [-0.39, 0.29) is 17.7 Å². The number of carboxylic acids is 1. The predicted octanol–water partition coefficient (Wildman–Crippen LogP) is 2.99. The van der Waals surface area contributed by atoms with Crippen molar-refractivity contribution in [2.45, 2.75) is 39.0 Å². The van der Waals surface area contributed by atoms with Crippen LogP contribution >= 0.6 is 0 Å². The Morgan fingerprint density at radius 2 is 2.00 bits per heavy atom. The lowest BCUT2D eigenvalue weighted by molar-refractivity contribution is -0.136. The van der Waals surface area contributed by atoms with Gasteiger partial charge in [-0.2, -0.15) is 5.10 Å². The molecule has 2 aromatic rings. The van der Waals surface area contributed by atoms with Crippen LogP contribution in [0.4, 0.5) is 5.69 Å². The van der Waals surface area contributed by atoms with Crippen molar-refractivity contribution in [3.63, 3.8) is 0 Å². The number of carboxylic acid groups (broad SMARTS) is 1. The molecule has 128 valence electrons. The van der Waals surface area contributed by atoms with E-state index >= 15 is 0 Å². The topological polar surface area (TPSA) is 84.2 Å². The highest BCUT2D eigenvalue weighted by Gasteiger charge is 2.25. The molecule has 6 nitrogen and oxygen atoms in total. The summed E-state index contributed by atoms with van der Waals surface area (Å²) in [6.45, 7) is 6.04. The lowest BCUT2D eigenvalue weighted by atomic mass is 9.89. The van der Waals surface area contributed by atoms with Crippen LogP contribution in [-0.2, 0) is 23.7 Å². The van der Waals surface area contributed by atoms with E-state index in [1.54, 1.807) is 36.1 Å². The second-order valence-corrected chi connectivity index (χ2v) is 6.86. The van der Waals surface area contributed by atoms with Gasteiger partial charge in [0.05, 0.1) is 11.3 Å². The molecule has 2 N–H and O–H groups in total. The van der Waals surface area contributed by atoms with Crippen molar-refractivity contribution < 1.29 is 14.7 Å². The maximum absolute atomic E-state index is 12.6. The van der Waals surface area contributed by atoms with Gasteiger partial charge in [0.2, 0.25) is 0 Å². The van der Waals surface area contributed by atoms with Crippen LogP contribution < -0.4 is 5.32 Å². The minimum Gasteiger partial charge on any atom is -0.481 e. The first kappa shape index (κ1) is 17.7. The van der Waals surface area contributed by atoms with Gasteiger partial charge in [-0.1, -0.05) is 32.9 Å². The van der Waals surface area contributed by atoms with Crippen LogP contribution in [0.5, 0.6) is 0 Å². The zero-order valence-corrected chi connectivity index (χ0v) is 14.5. The van der Waals surface area contributed by atoms with E-state index < -0.39 is 5.97 Å². The van der Waals surface area contributed by atoms with Gasteiger partial charge in [-0.15, -0.1) is 0 Å². The Balaban J connectivity index is 2.19. The summed E-state index contributed by atoms with van der Waals surface area (Å²) in [6.07, 6.45) is 2.21. The largest absolute Gasteiger partial charge is 0.481 e. The summed E-state index contributed by atoms with van der Waals surface area (Å²) in [6, 6.07) is 7.24. The molecule has 1 amide bonds. The minimum absolute atomic E-state index is 0.0637. The van der Waals surface area contributed by atoms with Gasteiger partial charge in [0.25, 0.3) is 5.91 Å².